The van der Waals surface area contributed by atoms with Crippen LogP contribution in [0.3, 0.4) is 0 Å². The molecule has 2 heterocycles. The lowest BCUT2D eigenvalue weighted by atomic mass is 9.93. The van der Waals surface area contributed by atoms with E-state index in [2.05, 4.69) is 18.8 Å². The molecule has 1 unspecified atom stereocenters. The summed E-state index contributed by atoms with van der Waals surface area (Å²) >= 11 is 1.25. The van der Waals surface area contributed by atoms with Gasteiger partial charge in [0.25, 0.3) is 11.5 Å². The third-order valence-electron chi connectivity index (χ3n) is 6.24. The number of thiazole rings is 1. The molecule has 0 bridgehead atoms. The standard InChI is InChI=1S/C29H31N3O6S/c1-17(2)20-7-9-21(10-8-20)26-25(28(35)37-14-13-36-4)18(3)31-29-32(26)27(34)23(39-29)15-19-5-11-22(12-6-19)38-16-24(30)33/h5-12,15,17,26H,13-14,16H2,1-4H3,(H2,30,33). The van der Waals surface area contributed by atoms with Crippen molar-refractivity contribution in [2.24, 2.45) is 10.7 Å². The van der Waals surface area contributed by atoms with Gasteiger partial charge in [0, 0.05) is 7.11 Å². The summed E-state index contributed by atoms with van der Waals surface area (Å²) in [6.45, 7) is 6.11. The van der Waals surface area contributed by atoms with Gasteiger partial charge in [-0.3, -0.25) is 14.2 Å². The van der Waals surface area contributed by atoms with E-state index in [9.17, 15) is 14.4 Å². The Morgan fingerprint density at radius 1 is 1.10 bits per heavy atom. The van der Waals surface area contributed by atoms with Crippen molar-refractivity contribution in [2.45, 2.75) is 32.7 Å². The monoisotopic (exact) mass is 549 g/mol. The fraction of sp³-hybridized carbons (Fsp3) is 0.310. The van der Waals surface area contributed by atoms with Gasteiger partial charge in [-0.15, -0.1) is 0 Å². The quantitative estimate of drug-likeness (QED) is 0.306. The number of nitrogens with zero attached hydrogens (tertiary/aromatic N) is 2. The van der Waals surface area contributed by atoms with Crippen LogP contribution in [-0.4, -0.2) is 43.4 Å². The number of fused-ring (bicyclic) bond motifs is 1. The van der Waals surface area contributed by atoms with E-state index >= 15 is 0 Å². The molecule has 0 saturated heterocycles. The Bertz CT molecular complexity index is 1570. The third-order valence-corrected chi connectivity index (χ3v) is 7.22. The highest BCUT2D eigenvalue weighted by molar-refractivity contribution is 7.07. The molecule has 1 amide bonds. The van der Waals surface area contributed by atoms with E-state index in [1.54, 1.807) is 41.8 Å². The molecule has 0 saturated carbocycles. The van der Waals surface area contributed by atoms with Crippen LogP contribution in [0.4, 0.5) is 0 Å². The number of methoxy groups -OCH3 is 1. The summed E-state index contributed by atoms with van der Waals surface area (Å²) in [7, 11) is 1.53. The number of ether oxygens (including phenoxy) is 3. The lowest BCUT2D eigenvalue weighted by Gasteiger charge is -2.25. The van der Waals surface area contributed by atoms with E-state index in [0.717, 1.165) is 16.7 Å². The van der Waals surface area contributed by atoms with Crippen LogP contribution in [-0.2, 0) is 19.1 Å². The van der Waals surface area contributed by atoms with E-state index in [-0.39, 0.29) is 25.4 Å². The number of nitrogens with two attached hydrogens (primary N) is 1. The molecule has 2 aromatic carbocycles. The highest BCUT2D eigenvalue weighted by Crippen LogP contribution is 2.31. The lowest BCUT2D eigenvalue weighted by Crippen LogP contribution is -2.40. The smallest absolute Gasteiger partial charge is 0.338 e. The first-order valence-corrected chi connectivity index (χ1v) is 13.3. The van der Waals surface area contributed by atoms with Crippen LogP contribution in [0.1, 0.15) is 49.4 Å². The summed E-state index contributed by atoms with van der Waals surface area (Å²) in [4.78, 5) is 43.1. The number of allylic oxidation sites excluding steroid dienone is 1. The van der Waals surface area contributed by atoms with Crippen molar-refractivity contribution in [3.8, 4) is 5.75 Å². The van der Waals surface area contributed by atoms with Crippen molar-refractivity contribution in [1.82, 2.24) is 4.57 Å². The molecule has 1 aromatic heterocycles. The number of aromatic nitrogens is 1. The number of primary amides is 1. The van der Waals surface area contributed by atoms with E-state index < -0.39 is 17.9 Å². The fourth-order valence-electron chi connectivity index (χ4n) is 4.22. The molecule has 1 aliphatic heterocycles. The van der Waals surface area contributed by atoms with E-state index in [1.165, 1.54) is 18.4 Å². The van der Waals surface area contributed by atoms with Crippen LogP contribution in [0.25, 0.3) is 6.08 Å². The minimum Gasteiger partial charge on any atom is -0.484 e. The van der Waals surface area contributed by atoms with Gasteiger partial charge in [-0.05, 0) is 47.7 Å². The zero-order valence-corrected chi connectivity index (χ0v) is 23.1. The van der Waals surface area contributed by atoms with Crippen LogP contribution in [0.15, 0.2) is 69.6 Å². The van der Waals surface area contributed by atoms with Gasteiger partial charge in [-0.2, -0.15) is 0 Å². The first-order chi connectivity index (χ1) is 18.7. The molecule has 0 fully saturated rings. The summed E-state index contributed by atoms with van der Waals surface area (Å²) < 4.78 is 17.8. The Hall–Kier alpha value is -4.02. The number of rotatable bonds is 10. The van der Waals surface area contributed by atoms with Crippen molar-refractivity contribution in [1.29, 1.82) is 0 Å². The normalized spacial score (nSPS) is 15.2. The van der Waals surface area contributed by atoms with Gasteiger partial charge in [0.05, 0.1) is 28.5 Å². The summed E-state index contributed by atoms with van der Waals surface area (Å²) in [5.74, 6) is -0.272. The van der Waals surface area contributed by atoms with Crippen LogP contribution >= 0.6 is 11.3 Å². The van der Waals surface area contributed by atoms with Gasteiger partial charge in [0.1, 0.15) is 12.4 Å². The van der Waals surface area contributed by atoms with Crippen LogP contribution < -0.4 is 25.4 Å². The SMILES string of the molecule is COCCOC(=O)C1=C(C)N=c2sc(=Cc3ccc(OCC(N)=O)cc3)c(=O)n2C1c1ccc(C(C)C)cc1. The van der Waals surface area contributed by atoms with Gasteiger partial charge in [-0.1, -0.05) is 61.6 Å². The summed E-state index contributed by atoms with van der Waals surface area (Å²) in [6.07, 6.45) is 1.76. The summed E-state index contributed by atoms with van der Waals surface area (Å²) in [6, 6.07) is 14.2. The van der Waals surface area contributed by atoms with Gasteiger partial charge in [0.15, 0.2) is 11.4 Å². The van der Waals surface area contributed by atoms with E-state index in [0.29, 0.717) is 32.3 Å². The highest BCUT2D eigenvalue weighted by Gasteiger charge is 2.33. The largest absolute Gasteiger partial charge is 0.484 e. The molecular weight excluding hydrogens is 518 g/mol. The topological polar surface area (TPSA) is 122 Å². The molecular formula is C29H31N3O6S. The molecule has 2 N–H and O–H groups in total. The van der Waals surface area contributed by atoms with E-state index in [1.807, 2.05) is 24.3 Å². The van der Waals surface area contributed by atoms with Gasteiger partial charge < -0.3 is 19.9 Å². The number of amides is 1. The minimum absolute atomic E-state index is 0.0920. The third kappa shape index (κ3) is 6.35. The number of benzene rings is 2. The predicted octanol–water partition coefficient (Wildman–Crippen LogP) is 2.41. The second-order valence-corrected chi connectivity index (χ2v) is 10.4. The number of carbonyl (C=O) groups excluding carboxylic acids is 2. The molecule has 1 atom stereocenters. The molecule has 39 heavy (non-hydrogen) atoms. The first kappa shape index (κ1) is 28.0. The van der Waals surface area contributed by atoms with Crippen LogP contribution in [0.5, 0.6) is 5.75 Å². The second-order valence-electron chi connectivity index (χ2n) is 9.36. The predicted molar refractivity (Wildman–Crippen MR) is 148 cm³/mol. The second kappa shape index (κ2) is 12.2. The fourth-order valence-corrected chi connectivity index (χ4v) is 5.27. The number of hydrogen-bond acceptors (Lipinski definition) is 8. The molecule has 0 aliphatic carbocycles. The van der Waals surface area contributed by atoms with Gasteiger partial charge >= 0.3 is 5.97 Å². The van der Waals surface area contributed by atoms with Crippen molar-refractivity contribution < 1.29 is 23.8 Å². The maximum absolute atomic E-state index is 13.8. The zero-order chi connectivity index (χ0) is 28.1. The molecule has 0 radical (unpaired) electrons. The Morgan fingerprint density at radius 2 is 1.79 bits per heavy atom. The maximum Gasteiger partial charge on any atom is 0.338 e. The van der Waals surface area contributed by atoms with Gasteiger partial charge in [-0.25, -0.2) is 9.79 Å². The summed E-state index contributed by atoms with van der Waals surface area (Å²) in [5.41, 5.74) is 8.38. The average Bonchev–Trinajstić information content (AvgIpc) is 3.21. The molecule has 1 aliphatic rings. The van der Waals surface area contributed by atoms with Crippen molar-refractivity contribution in [3.63, 3.8) is 0 Å². The average molecular weight is 550 g/mol. The highest BCUT2D eigenvalue weighted by atomic mass is 32.1. The molecule has 10 heteroatoms. The summed E-state index contributed by atoms with van der Waals surface area (Å²) in [5, 5.41) is 0. The minimum atomic E-state index is -0.691. The van der Waals surface area contributed by atoms with E-state index in [4.69, 9.17) is 19.9 Å². The number of carbonyl (C=O) groups is 2. The van der Waals surface area contributed by atoms with Crippen LogP contribution in [0, 0.1) is 0 Å². The van der Waals surface area contributed by atoms with Gasteiger partial charge in [0.2, 0.25) is 0 Å². The molecule has 3 aromatic rings. The molecule has 4 rings (SSSR count). The Kier molecular flexibility index (Phi) is 8.78. The maximum atomic E-state index is 13.8. The van der Waals surface area contributed by atoms with Crippen molar-refractivity contribution in [2.75, 3.05) is 26.9 Å². The Balaban J connectivity index is 1.78. The first-order valence-electron chi connectivity index (χ1n) is 12.5. The lowest BCUT2D eigenvalue weighted by molar-refractivity contribution is -0.140. The van der Waals surface area contributed by atoms with Crippen LogP contribution in [0.2, 0.25) is 0 Å². The Morgan fingerprint density at radius 3 is 2.41 bits per heavy atom. The molecule has 204 valence electrons. The number of hydrogen-bond donors (Lipinski definition) is 1. The molecule has 0 spiro atoms. The Labute approximate surface area is 229 Å². The van der Waals surface area contributed by atoms with Crippen molar-refractivity contribution >= 4 is 29.3 Å². The zero-order valence-electron chi connectivity index (χ0n) is 22.3. The molecule has 9 nitrogen and oxygen atoms in total. The number of esters is 1. The van der Waals surface area contributed by atoms with Crippen molar-refractivity contribution in [3.05, 3.63) is 96.2 Å².